The zero-order valence-electron chi connectivity index (χ0n) is 36.2. The van der Waals surface area contributed by atoms with E-state index in [9.17, 15) is 28.5 Å². The third-order valence-electron chi connectivity index (χ3n) is 11.0. The van der Waals surface area contributed by atoms with Crippen LogP contribution in [0.2, 0.25) is 0 Å². The Morgan fingerprint density at radius 2 is 1.00 bits per heavy atom. The van der Waals surface area contributed by atoms with Gasteiger partial charge in [0, 0.05) is 13.0 Å². The Morgan fingerprint density at radius 3 is 1.40 bits per heavy atom. The minimum Gasteiger partial charge on any atom is -0.457 e. The molecule has 12 nitrogen and oxygen atoms in total. The fourth-order valence-corrected chi connectivity index (χ4v) is 7.95. The predicted molar refractivity (Wildman–Crippen MR) is 225 cm³/mol. The maximum Gasteiger partial charge on any atom is 0.397 e. The van der Waals surface area contributed by atoms with Crippen LogP contribution in [0.25, 0.3) is 0 Å². The number of aliphatic hydroxyl groups excluding tert-OH is 3. The van der Waals surface area contributed by atoms with Crippen molar-refractivity contribution in [2.45, 2.75) is 250 Å². The second kappa shape index (κ2) is 36.9. The van der Waals surface area contributed by atoms with Crippen LogP contribution in [-0.2, 0) is 38.3 Å². The van der Waals surface area contributed by atoms with E-state index in [1.807, 2.05) is 0 Å². The number of hydrogen-bond donors (Lipinski definition) is 4. The molecular formula is C44H86O12S. The van der Waals surface area contributed by atoms with Gasteiger partial charge in [-0.25, -0.2) is 4.18 Å². The van der Waals surface area contributed by atoms with Gasteiger partial charge in [0.25, 0.3) is 0 Å². The molecule has 1 fully saturated rings. The fraction of sp³-hybridized carbons (Fsp3) is 0.977. The monoisotopic (exact) mass is 839 g/mol. The molecule has 0 amide bonds. The number of aliphatic hydroxyl groups is 3. The summed E-state index contributed by atoms with van der Waals surface area (Å²) in [6, 6.07) is 0. The molecule has 0 aromatic carbocycles. The van der Waals surface area contributed by atoms with Crippen LogP contribution in [0.3, 0.4) is 0 Å². The van der Waals surface area contributed by atoms with Crippen molar-refractivity contribution in [1.82, 2.24) is 0 Å². The highest BCUT2D eigenvalue weighted by Gasteiger charge is 2.48. The predicted octanol–water partition coefficient (Wildman–Crippen LogP) is 9.69. The molecule has 1 rings (SSSR count). The lowest BCUT2D eigenvalue weighted by Gasteiger charge is -2.41. The Morgan fingerprint density at radius 1 is 0.596 bits per heavy atom. The number of unbranched alkanes of at least 4 members (excludes halogenated alkanes) is 28. The molecule has 13 heteroatoms. The van der Waals surface area contributed by atoms with Crippen LogP contribution in [0.5, 0.6) is 0 Å². The second-order valence-electron chi connectivity index (χ2n) is 16.4. The molecule has 1 aliphatic rings. The third kappa shape index (κ3) is 30.7. The first-order valence-corrected chi connectivity index (χ1v) is 24.7. The van der Waals surface area contributed by atoms with E-state index in [4.69, 9.17) is 23.5 Å². The van der Waals surface area contributed by atoms with Crippen LogP contribution >= 0.6 is 0 Å². The maximum atomic E-state index is 12.8. The average Bonchev–Trinajstić information content (AvgIpc) is 3.18. The number of ether oxygens (including phenoxy) is 4. The molecule has 1 saturated heterocycles. The molecular weight excluding hydrogens is 753 g/mol. The summed E-state index contributed by atoms with van der Waals surface area (Å²) in [6.07, 6.45) is 28.4. The standard InChI is InChI=1S/C44H86O12S/c1-3-5-7-9-11-13-15-17-19-20-21-23-25-27-29-31-33-40(46)54-38(36-52-34-32-30-28-26-24-22-18-16-14-12-10-8-6-4-2)37-53-44-42(48)43(56-57(49,50)51)41(47)39(35-45)55-44/h38-39,41-45,47-48H,3-37H2,1-2H3,(H,49,50,51). The molecule has 6 unspecified atom stereocenters. The zero-order valence-corrected chi connectivity index (χ0v) is 37.0. The van der Waals surface area contributed by atoms with E-state index in [-0.39, 0.29) is 19.6 Å². The van der Waals surface area contributed by atoms with Crippen molar-refractivity contribution in [3.05, 3.63) is 0 Å². The van der Waals surface area contributed by atoms with E-state index >= 15 is 0 Å². The van der Waals surface area contributed by atoms with E-state index in [1.165, 1.54) is 148 Å². The molecule has 0 bridgehead atoms. The van der Waals surface area contributed by atoms with E-state index in [0.29, 0.717) is 13.0 Å². The number of carbonyl (C=O) groups excluding carboxylic acids is 1. The maximum absolute atomic E-state index is 12.8. The number of rotatable bonds is 41. The van der Waals surface area contributed by atoms with Gasteiger partial charge in [-0.2, -0.15) is 8.42 Å². The molecule has 340 valence electrons. The van der Waals surface area contributed by atoms with Gasteiger partial charge in [0.1, 0.15) is 30.5 Å². The molecule has 0 saturated carbocycles. The summed E-state index contributed by atoms with van der Waals surface area (Å²) in [5, 5.41) is 30.6. The van der Waals surface area contributed by atoms with Gasteiger partial charge in [0.15, 0.2) is 6.29 Å². The second-order valence-corrected chi connectivity index (χ2v) is 17.4. The van der Waals surface area contributed by atoms with Crippen LogP contribution in [-0.4, -0.2) is 97.5 Å². The Balaban J connectivity index is 2.40. The highest BCUT2D eigenvalue weighted by atomic mass is 32.3. The Labute approximate surface area is 347 Å². The van der Waals surface area contributed by atoms with Crippen LogP contribution in [0, 0.1) is 0 Å². The van der Waals surface area contributed by atoms with Crippen molar-refractivity contribution in [2.24, 2.45) is 0 Å². The van der Waals surface area contributed by atoms with Gasteiger partial charge in [0.2, 0.25) is 0 Å². The van der Waals surface area contributed by atoms with Gasteiger partial charge in [-0.1, -0.05) is 194 Å². The summed E-state index contributed by atoms with van der Waals surface area (Å²) in [4.78, 5) is 12.8. The molecule has 6 atom stereocenters. The van der Waals surface area contributed by atoms with Crippen LogP contribution < -0.4 is 0 Å². The number of carbonyl (C=O) groups is 1. The molecule has 0 aromatic heterocycles. The van der Waals surface area contributed by atoms with Crippen molar-refractivity contribution in [2.75, 3.05) is 26.4 Å². The SMILES string of the molecule is CCCCCCCCCCCCCCCCCCC(=O)OC(COCCCCCCCCCCCCCCCC)COC1OC(CO)C(O)C(OS(=O)(=O)O)C1O. The summed E-state index contributed by atoms with van der Waals surface area (Å²) in [5.74, 6) is -0.393. The average molecular weight is 839 g/mol. The van der Waals surface area contributed by atoms with E-state index in [0.717, 1.165) is 38.5 Å². The molecule has 57 heavy (non-hydrogen) atoms. The Kier molecular flexibility index (Phi) is 35.0. The lowest BCUT2D eigenvalue weighted by Crippen LogP contribution is -2.60. The molecule has 4 N–H and O–H groups in total. The highest BCUT2D eigenvalue weighted by Crippen LogP contribution is 2.26. The molecule has 0 spiro atoms. The van der Waals surface area contributed by atoms with Crippen molar-refractivity contribution < 1.29 is 56.2 Å². The summed E-state index contributed by atoms with van der Waals surface area (Å²) in [5.41, 5.74) is 0. The van der Waals surface area contributed by atoms with Gasteiger partial charge >= 0.3 is 16.4 Å². The molecule has 0 aromatic rings. The topological polar surface area (TPSA) is 178 Å². The first-order valence-electron chi connectivity index (χ1n) is 23.3. The van der Waals surface area contributed by atoms with Crippen molar-refractivity contribution in [3.63, 3.8) is 0 Å². The first-order chi connectivity index (χ1) is 27.6. The smallest absolute Gasteiger partial charge is 0.397 e. The minimum atomic E-state index is -5.05. The van der Waals surface area contributed by atoms with Crippen LogP contribution in [0.1, 0.15) is 213 Å². The van der Waals surface area contributed by atoms with Gasteiger partial charge in [0.05, 0.1) is 19.8 Å². The molecule has 0 aliphatic carbocycles. The lowest BCUT2D eigenvalue weighted by atomic mass is 9.99. The number of hydrogen-bond acceptors (Lipinski definition) is 11. The van der Waals surface area contributed by atoms with Crippen molar-refractivity contribution in [3.8, 4) is 0 Å². The first kappa shape index (κ1) is 54.1. The van der Waals surface area contributed by atoms with Gasteiger partial charge in [-0.3, -0.25) is 9.35 Å². The molecule has 1 aliphatic heterocycles. The highest BCUT2D eigenvalue weighted by molar-refractivity contribution is 7.80. The normalized spacial score (nSPS) is 20.6. The van der Waals surface area contributed by atoms with Gasteiger partial charge < -0.3 is 34.3 Å². The van der Waals surface area contributed by atoms with Crippen molar-refractivity contribution >= 4 is 16.4 Å². The van der Waals surface area contributed by atoms with Crippen LogP contribution in [0.15, 0.2) is 0 Å². The lowest BCUT2D eigenvalue weighted by molar-refractivity contribution is -0.301. The van der Waals surface area contributed by atoms with E-state index in [1.54, 1.807) is 0 Å². The third-order valence-corrected chi connectivity index (χ3v) is 11.4. The zero-order chi connectivity index (χ0) is 41.8. The van der Waals surface area contributed by atoms with E-state index < -0.39 is 59.8 Å². The van der Waals surface area contributed by atoms with Crippen LogP contribution in [0.4, 0.5) is 0 Å². The van der Waals surface area contributed by atoms with Crippen molar-refractivity contribution in [1.29, 1.82) is 0 Å². The van der Waals surface area contributed by atoms with Gasteiger partial charge in [-0.05, 0) is 12.8 Å². The summed E-state index contributed by atoms with van der Waals surface area (Å²) >= 11 is 0. The Bertz CT molecular complexity index is 1020. The fourth-order valence-electron chi connectivity index (χ4n) is 7.44. The van der Waals surface area contributed by atoms with Gasteiger partial charge in [-0.15, -0.1) is 0 Å². The van der Waals surface area contributed by atoms with E-state index in [2.05, 4.69) is 18.0 Å². The molecule has 1 heterocycles. The summed E-state index contributed by atoms with van der Waals surface area (Å²) in [7, 11) is -5.05. The molecule has 0 radical (unpaired) electrons. The summed E-state index contributed by atoms with van der Waals surface area (Å²) < 4.78 is 59.1. The minimum absolute atomic E-state index is 0.0446. The number of esters is 1. The quantitative estimate of drug-likeness (QED) is 0.0261. The summed E-state index contributed by atoms with van der Waals surface area (Å²) in [6.45, 7) is 4.03. The largest absolute Gasteiger partial charge is 0.457 e. The Hall–Kier alpha value is -0.900.